The molecule has 0 aromatic rings. The van der Waals surface area contributed by atoms with Crippen LogP contribution in [0.1, 0.15) is 52.9 Å². The molecular weight excluding hydrogens is 290 g/mol. The highest BCUT2D eigenvalue weighted by molar-refractivity contribution is 5.68. The standard InChI is InChI=1S/C18H35N3O2/c1-18(2,3)23-17(22)21-10-5-6-16(9-13-21)19-14-15-7-11-20(4)12-8-15/h15-16,19H,5-14H2,1-4H3. The summed E-state index contributed by atoms with van der Waals surface area (Å²) in [5, 5.41) is 3.76. The number of hydrogen-bond donors (Lipinski definition) is 1. The predicted octanol–water partition coefficient (Wildman–Crippen LogP) is 2.71. The van der Waals surface area contributed by atoms with Crippen LogP contribution in [0.4, 0.5) is 4.79 Å². The molecule has 0 spiro atoms. The molecule has 134 valence electrons. The second-order valence-corrected chi connectivity index (χ2v) is 8.25. The molecule has 1 amide bonds. The number of ether oxygens (including phenoxy) is 1. The molecule has 0 aromatic heterocycles. The molecule has 0 bridgehead atoms. The molecular formula is C18H35N3O2. The molecule has 2 heterocycles. The van der Waals surface area contributed by atoms with E-state index in [9.17, 15) is 4.79 Å². The Labute approximate surface area is 141 Å². The number of piperidine rings is 1. The Balaban J connectivity index is 1.70. The van der Waals surface area contributed by atoms with Crippen LogP contribution in [0.2, 0.25) is 0 Å². The molecule has 0 radical (unpaired) electrons. The van der Waals surface area contributed by atoms with E-state index in [-0.39, 0.29) is 6.09 Å². The van der Waals surface area contributed by atoms with Crippen LogP contribution in [0.25, 0.3) is 0 Å². The van der Waals surface area contributed by atoms with Gasteiger partial charge in [-0.05, 0) is 85.5 Å². The summed E-state index contributed by atoms with van der Waals surface area (Å²) in [4.78, 5) is 16.5. The van der Waals surface area contributed by atoms with E-state index in [2.05, 4.69) is 17.3 Å². The largest absolute Gasteiger partial charge is 0.444 e. The van der Waals surface area contributed by atoms with Crippen molar-refractivity contribution in [2.24, 2.45) is 5.92 Å². The molecule has 2 rings (SSSR count). The van der Waals surface area contributed by atoms with Crippen LogP contribution in [0.3, 0.4) is 0 Å². The maximum Gasteiger partial charge on any atom is 0.410 e. The second-order valence-electron chi connectivity index (χ2n) is 8.25. The van der Waals surface area contributed by atoms with Gasteiger partial charge in [0.1, 0.15) is 5.60 Å². The van der Waals surface area contributed by atoms with Crippen molar-refractivity contribution in [1.29, 1.82) is 0 Å². The summed E-state index contributed by atoms with van der Waals surface area (Å²) in [6, 6.07) is 0.544. The van der Waals surface area contributed by atoms with Gasteiger partial charge in [-0.1, -0.05) is 0 Å². The fourth-order valence-corrected chi connectivity index (χ4v) is 3.41. The van der Waals surface area contributed by atoms with E-state index in [0.717, 1.165) is 44.8 Å². The number of rotatable bonds is 3. The van der Waals surface area contributed by atoms with Crippen LogP contribution in [0.5, 0.6) is 0 Å². The number of hydrogen-bond acceptors (Lipinski definition) is 4. The van der Waals surface area contributed by atoms with Gasteiger partial charge in [-0.25, -0.2) is 4.79 Å². The Kier molecular flexibility index (Phi) is 6.72. The highest BCUT2D eigenvalue weighted by atomic mass is 16.6. The third-order valence-corrected chi connectivity index (χ3v) is 4.91. The van der Waals surface area contributed by atoms with Gasteiger partial charge >= 0.3 is 6.09 Å². The van der Waals surface area contributed by atoms with Crippen LogP contribution >= 0.6 is 0 Å². The van der Waals surface area contributed by atoms with Gasteiger partial charge in [0, 0.05) is 19.1 Å². The first-order valence-electron chi connectivity index (χ1n) is 9.23. The summed E-state index contributed by atoms with van der Waals surface area (Å²) in [7, 11) is 2.21. The molecule has 0 saturated carbocycles. The lowest BCUT2D eigenvalue weighted by molar-refractivity contribution is 0.0256. The van der Waals surface area contributed by atoms with E-state index >= 15 is 0 Å². The second kappa shape index (κ2) is 8.34. The maximum absolute atomic E-state index is 12.2. The van der Waals surface area contributed by atoms with E-state index in [0.29, 0.717) is 6.04 Å². The van der Waals surface area contributed by atoms with Crippen LogP contribution in [-0.4, -0.2) is 67.3 Å². The van der Waals surface area contributed by atoms with E-state index in [1.54, 1.807) is 0 Å². The minimum atomic E-state index is -0.408. The normalized spacial score (nSPS) is 25.2. The molecule has 2 aliphatic heterocycles. The minimum absolute atomic E-state index is 0.159. The number of nitrogens with one attached hydrogen (secondary N) is 1. The van der Waals surface area contributed by atoms with Crippen LogP contribution < -0.4 is 5.32 Å². The molecule has 5 nitrogen and oxygen atoms in total. The third-order valence-electron chi connectivity index (χ3n) is 4.91. The van der Waals surface area contributed by atoms with Crippen molar-refractivity contribution in [3.05, 3.63) is 0 Å². The molecule has 1 N–H and O–H groups in total. The highest BCUT2D eigenvalue weighted by Crippen LogP contribution is 2.18. The summed E-state index contributed by atoms with van der Waals surface area (Å²) in [5.74, 6) is 0.816. The number of likely N-dealkylation sites (tertiary alicyclic amines) is 2. The Morgan fingerprint density at radius 3 is 2.43 bits per heavy atom. The van der Waals surface area contributed by atoms with Crippen LogP contribution in [0, 0.1) is 5.92 Å². The Morgan fingerprint density at radius 2 is 1.78 bits per heavy atom. The Hall–Kier alpha value is -0.810. The lowest BCUT2D eigenvalue weighted by Crippen LogP contribution is -2.40. The molecule has 1 atom stereocenters. The smallest absolute Gasteiger partial charge is 0.410 e. The molecule has 5 heteroatoms. The van der Waals surface area contributed by atoms with Crippen LogP contribution in [-0.2, 0) is 4.74 Å². The minimum Gasteiger partial charge on any atom is -0.444 e. The van der Waals surface area contributed by atoms with Crippen molar-refractivity contribution >= 4 is 6.09 Å². The van der Waals surface area contributed by atoms with Crippen molar-refractivity contribution in [3.63, 3.8) is 0 Å². The van der Waals surface area contributed by atoms with E-state index in [1.165, 1.54) is 25.9 Å². The molecule has 2 aliphatic rings. The first kappa shape index (κ1) is 18.5. The van der Waals surface area contributed by atoms with Crippen molar-refractivity contribution in [2.75, 3.05) is 39.8 Å². The monoisotopic (exact) mass is 325 g/mol. The van der Waals surface area contributed by atoms with Crippen molar-refractivity contribution in [3.8, 4) is 0 Å². The summed E-state index contributed by atoms with van der Waals surface area (Å²) < 4.78 is 5.50. The molecule has 2 fully saturated rings. The van der Waals surface area contributed by atoms with Gasteiger partial charge in [0.2, 0.25) is 0 Å². The molecule has 2 saturated heterocycles. The van der Waals surface area contributed by atoms with Gasteiger partial charge < -0.3 is 19.9 Å². The van der Waals surface area contributed by atoms with E-state index in [1.807, 2.05) is 25.7 Å². The quantitative estimate of drug-likeness (QED) is 0.866. The number of nitrogens with zero attached hydrogens (tertiary/aromatic N) is 2. The van der Waals surface area contributed by atoms with Gasteiger partial charge in [0.15, 0.2) is 0 Å². The zero-order valence-electron chi connectivity index (χ0n) is 15.4. The molecule has 1 unspecified atom stereocenters. The number of amides is 1. The molecule has 23 heavy (non-hydrogen) atoms. The first-order chi connectivity index (χ1) is 10.8. The zero-order valence-corrected chi connectivity index (χ0v) is 15.4. The lowest BCUT2D eigenvalue weighted by atomic mass is 9.96. The maximum atomic E-state index is 12.2. The summed E-state index contributed by atoms with van der Waals surface area (Å²) in [5.41, 5.74) is -0.408. The summed E-state index contributed by atoms with van der Waals surface area (Å²) in [6.45, 7) is 11.0. The summed E-state index contributed by atoms with van der Waals surface area (Å²) >= 11 is 0. The Bertz CT molecular complexity index is 373. The van der Waals surface area contributed by atoms with Gasteiger partial charge in [0.05, 0.1) is 0 Å². The SMILES string of the molecule is CN1CCC(CNC2CCCN(C(=O)OC(C)(C)C)CC2)CC1. The average Bonchev–Trinajstić information content (AvgIpc) is 2.70. The molecule has 0 aromatic carbocycles. The van der Waals surface area contributed by atoms with Gasteiger partial charge in [0.25, 0.3) is 0 Å². The topological polar surface area (TPSA) is 44.8 Å². The van der Waals surface area contributed by atoms with Gasteiger partial charge in [-0.2, -0.15) is 0 Å². The zero-order chi connectivity index (χ0) is 16.9. The van der Waals surface area contributed by atoms with E-state index in [4.69, 9.17) is 4.74 Å². The Morgan fingerprint density at radius 1 is 1.09 bits per heavy atom. The average molecular weight is 325 g/mol. The predicted molar refractivity (Wildman–Crippen MR) is 93.7 cm³/mol. The highest BCUT2D eigenvalue weighted by Gasteiger charge is 2.25. The summed E-state index contributed by atoms with van der Waals surface area (Å²) in [6.07, 6.45) is 5.70. The number of carbonyl (C=O) groups excluding carboxylic acids is 1. The fourth-order valence-electron chi connectivity index (χ4n) is 3.41. The van der Waals surface area contributed by atoms with Crippen LogP contribution in [0.15, 0.2) is 0 Å². The number of carbonyl (C=O) groups is 1. The van der Waals surface area contributed by atoms with E-state index < -0.39 is 5.60 Å². The van der Waals surface area contributed by atoms with Crippen molar-refractivity contribution in [2.45, 2.75) is 64.5 Å². The molecule has 0 aliphatic carbocycles. The van der Waals surface area contributed by atoms with Crippen molar-refractivity contribution < 1.29 is 9.53 Å². The first-order valence-corrected chi connectivity index (χ1v) is 9.23. The van der Waals surface area contributed by atoms with Gasteiger partial charge in [-0.15, -0.1) is 0 Å². The van der Waals surface area contributed by atoms with Gasteiger partial charge in [-0.3, -0.25) is 0 Å². The van der Waals surface area contributed by atoms with Crippen molar-refractivity contribution in [1.82, 2.24) is 15.1 Å². The fraction of sp³-hybridized carbons (Fsp3) is 0.944. The third kappa shape index (κ3) is 6.68. The lowest BCUT2D eigenvalue weighted by Gasteiger charge is -2.30.